The van der Waals surface area contributed by atoms with Crippen molar-refractivity contribution in [2.24, 2.45) is 0 Å². The number of anilines is 1. The minimum atomic E-state index is -0.129. The number of nitrogens with zero attached hydrogens (tertiary/aromatic N) is 2. The molecule has 0 aliphatic heterocycles. The van der Waals surface area contributed by atoms with E-state index in [0.717, 1.165) is 11.1 Å². The summed E-state index contributed by atoms with van der Waals surface area (Å²) >= 11 is 5.64. The molecule has 1 aromatic heterocycles. The van der Waals surface area contributed by atoms with Crippen LogP contribution in [0.3, 0.4) is 0 Å². The van der Waals surface area contributed by atoms with Crippen molar-refractivity contribution in [1.82, 2.24) is 9.97 Å². The fraction of sp³-hybridized carbons (Fsp3) is 0.154. The second-order valence-corrected chi connectivity index (χ2v) is 4.26. The molecule has 0 spiro atoms. The van der Waals surface area contributed by atoms with E-state index in [0.29, 0.717) is 12.2 Å². The van der Waals surface area contributed by atoms with Crippen molar-refractivity contribution in [2.75, 3.05) is 5.32 Å². The van der Waals surface area contributed by atoms with Crippen molar-refractivity contribution in [3.63, 3.8) is 0 Å². The Morgan fingerprint density at radius 2 is 2.22 bits per heavy atom. The molecule has 92 valence electrons. The van der Waals surface area contributed by atoms with Gasteiger partial charge in [0.05, 0.1) is 6.42 Å². The highest BCUT2D eigenvalue weighted by atomic mass is 35.5. The summed E-state index contributed by atoms with van der Waals surface area (Å²) in [6.07, 6.45) is 1.81. The van der Waals surface area contributed by atoms with Crippen LogP contribution < -0.4 is 5.32 Å². The maximum absolute atomic E-state index is 11.8. The maximum Gasteiger partial charge on any atom is 0.229 e. The second-order valence-electron chi connectivity index (χ2n) is 3.92. The lowest BCUT2D eigenvalue weighted by Gasteiger charge is -2.05. The number of amides is 1. The van der Waals surface area contributed by atoms with E-state index >= 15 is 0 Å². The zero-order valence-electron chi connectivity index (χ0n) is 9.85. The lowest BCUT2D eigenvalue weighted by Crippen LogP contribution is -2.15. The Labute approximate surface area is 110 Å². The first kappa shape index (κ1) is 12.5. The molecular formula is C13H12ClN3O. The summed E-state index contributed by atoms with van der Waals surface area (Å²) in [5, 5.41) is 2.79. The summed E-state index contributed by atoms with van der Waals surface area (Å²) in [6, 6.07) is 9.41. The van der Waals surface area contributed by atoms with Gasteiger partial charge in [-0.1, -0.05) is 29.8 Å². The Bertz CT molecular complexity index is 522. The van der Waals surface area contributed by atoms with Gasteiger partial charge in [0.15, 0.2) is 0 Å². The molecule has 0 fully saturated rings. The number of aromatic nitrogens is 2. The minimum absolute atomic E-state index is 0.114. The van der Waals surface area contributed by atoms with Crippen LogP contribution in [-0.4, -0.2) is 15.9 Å². The third-order valence-electron chi connectivity index (χ3n) is 2.34. The highest BCUT2D eigenvalue weighted by Crippen LogP contribution is 2.08. The Morgan fingerprint density at radius 3 is 2.94 bits per heavy atom. The van der Waals surface area contributed by atoms with E-state index in [-0.39, 0.29) is 11.2 Å². The van der Waals surface area contributed by atoms with Crippen LogP contribution >= 0.6 is 11.6 Å². The first-order valence-corrected chi connectivity index (χ1v) is 5.85. The summed E-state index contributed by atoms with van der Waals surface area (Å²) in [5.74, 6) is 0.281. The van der Waals surface area contributed by atoms with Gasteiger partial charge in [0.2, 0.25) is 11.2 Å². The van der Waals surface area contributed by atoms with Gasteiger partial charge >= 0.3 is 0 Å². The summed E-state index contributed by atoms with van der Waals surface area (Å²) < 4.78 is 0. The van der Waals surface area contributed by atoms with E-state index in [9.17, 15) is 4.79 Å². The van der Waals surface area contributed by atoms with Crippen LogP contribution in [0.15, 0.2) is 36.5 Å². The molecular weight excluding hydrogens is 250 g/mol. The smallest absolute Gasteiger partial charge is 0.229 e. The van der Waals surface area contributed by atoms with Crippen molar-refractivity contribution in [3.05, 3.63) is 52.9 Å². The van der Waals surface area contributed by atoms with Crippen LogP contribution in [0.5, 0.6) is 0 Å². The van der Waals surface area contributed by atoms with E-state index in [2.05, 4.69) is 15.3 Å². The molecule has 0 radical (unpaired) electrons. The molecule has 0 saturated heterocycles. The van der Waals surface area contributed by atoms with Crippen molar-refractivity contribution in [2.45, 2.75) is 13.3 Å². The van der Waals surface area contributed by atoms with Gasteiger partial charge in [-0.15, -0.1) is 0 Å². The number of aryl methyl sites for hydroxylation is 1. The fourth-order valence-electron chi connectivity index (χ4n) is 1.60. The average molecular weight is 262 g/mol. The zero-order chi connectivity index (χ0) is 13.0. The van der Waals surface area contributed by atoms with E-state index in [1.165, 1.54) is 6.20 Å². The number of benzene rings is 1. The van der Waals surface area contributed by atoms with Gasteiger partial charge in [0, 0.05) is 6.20 Å². The summed E-state index contributed by atoms with van der Waals surface area (Å²) in [5.41, 5.74) is 2.10. The minimum Gasteiger partial charge on any atom is -0.310 e. The van der Waals surface area contributed by atoms with Crippen LogP contribution in [-0.2, 0) is 11.2 Å². The summed E-state index contributed by atoms with van der Waals surface area (Å²) in [7, 11) is 0. The predicted octanol–water partition coefficient (Wildman–Crippen LogP) is 2.62. The van der Waals surface area contributed by atoms with Crippen LogP contribution in [0.2, 0.25) is 5.28 Å². The van der Waals surface area contributed by atoms with Crippen molar-refractivity contribution < 1.29 is 4.79 Å². The third-order valence-corrected chi connectivity index (χ3v) is 2.52. The molecule has 18 heavy (non-hydrogen) atoms. The molecule has 0 unspecified atom stereocenters. The van der Waals surface area contributed by atoms with Crippen LogP contribution in [0, 0.1) is 6.92 Å². The molecule has 5 heteroatoms. The van der Waals surface area contributed by atoms with Gasteiger partial charge in [-0.3, -0.25) is 4.79 Å². The number of nitrogens with one attached hydrogen (secondary N) is 1. The fourth-order valence-corrected chi connectivity index (χ4v) is 1.75. The molecule has 1 amide bonds. The van der Waals surface area contributed by atoms with Gasteiger partial charge in [0.1, 0.15) is 5.82 Å². The topological polar surface area (TPSA) is 54.9 Å². The first-order valence-electron chi connectivity index (χ1n) is 5.47. The standard InChI is InChI=1S/C13H12ClN3O/c1-9-3-2-4-10(7-9)8-12(18)16-11-5-6-15-13(14)17-11/h2-7H,8H2,1H3,(H,15,16,17,18). The van der Waals surface area contributed by atoms with Crippen LogP contribution in [0.4, 0.5) is 5.82 Å². The molecule has 1 N–H and O–H groups in total. The van der Waals surface area contributed by atoms with E-state index in [1.54, 1.807) is 6.07 Å². The quantitative estimate of drug-likeness (QED) is 0.864. The van der Waals surface area contributed by atoms with Gasteiger partial charge in [0.25, 0.3) is 0 Å². The number of rotatable bonds is 3. The molecule has 1 heterocycles. The van der Waals surface area contributed by atoms with Crippen LogP contribution in [0.1, 0.15) is 11.1 Å². The van der Waals surface area contributed by atoms with Crippen molar-refractivity contribution in [1.29, 1.82) is 0 Å². The summed E-state index contributed by atoms with van der Waals surface area (Å²) in [6.45, 7) is 1.99. The van der Waals surface area contributed by atoms with Gasteiger partial charge in [-0.2, -0.15) is 0 Å². The number of hydrogen-bond donors (Lipinski definition) is 1. The Morgan fingerprint density at radius 1 is 1.39 bits per heavy atom. The van der Waals surface area contributed by atoms with E-state index in [1.807, 2.05) is 31.2 Å². The van der Waals surface area contributed by atoms with Gasteiger partial charge < -0.3 is 5.32 Å². The molecule has 2 rings (SSSR count). The number of carbonyl (C=O) groups excluding carboxylic acids is 1. The second kappa shape index (κ2) is 5.60. The molecule has 0 aliphatic rings. The lowest BCUT2D eigenvalue weighted by molar-refractivity contribution is -0.115. The highest BCUT2D eigenvalue weighted by Gasteiger charge is 2.05. The van der Waals surface area contributed by atoms with Gasteiger partial charge in [-0.25, -0.2) is 9.97 Å². The lowest BCUT2D eigenvalue weighted by atomic mass is 10.1. The predicted molar refractivity (Wildman–Crippen MR) is 70.6 cm³/mol. The molecule has 0 bridgehead atoms. The normalized spacial score (nSPS) is 10.1. The van der Waals surface area contributed by atoms with Gasteiger partial charge in [-0.05, 0) is 30.2 Å². The molecule has 0 atom stereocenters. The molecule has 0 saturated carbocycles. The highest BCUT2D eigenvalue weighted by molar-refractivity contribution is 6.28. The molecule has 2 aromatic rings. The SMILES string of the molecule is Cc1cccc(CC(=O)Nc2ccnc(Cl)n2)c1. The first-order chi connectivity index (χ1) is 8.63. The van der Waals surface area contributed by atoms with Crippen molar-refractivity contribution in [3.8, 4) is 0 Å². The zero-order valence-corrected chi connectivity index (χ0v) is 10.6. The largest absolute Gasteiger partial charge is 0.310 e. The molecule has 1 aromatic carbocycles. The summed E-state index contributed by atoms with van der Waals surface area (Å²) in [4.78, 5) is 19.4. The monoisotopic (exact) mass is 261 g/mol. The van der Waals surface area contributed by atoms with E-state index < -0.39 is 0 Å². The third kappa shape index (κ3) is 3.53. The molecule has 0 aliphatic carbocycles. The van der Waals surface area contributed by atoms with Crippen LogP contribution in [0.25, 0.3) is 0 Å². The maximum atomic E-state index is 11.8. The Balaban J connectivity index is 2.01. The average Bonchev–Trinajstić information content (AvgIpc) is 2.28. The van der Waals surface area contributed by atoms with E-state index in [4.69, 9.17) is 11.6 Å². The number of hydrogen-bond acceptors (Lipinski definition) is 3. The van der Waals surface area contributed by atoms with Crippen molar-refractivity contribution >= 4 is 23.3 Å². The molecule has 4 nitrogen and oxygen atoms in total. The Kier molecular flexibility index (Phi) is 3.89. The number of halogens is 1. The Hall–Kier alpha value is -1.94. The number of carbonyl (C=O) groups is 1.